The fraction of sp³-hybridized carbons (Fsp3) is 0.194. The Labute approximate surface area is 235 Å². The zero-order chi connectivity index (χ0) is 27.8. The average Bonchev–Trinajstić information content (AvgIpc) is 3.71. The predicted octanol–water partition coefficient (Wildman–Crippen LogP) is 5.46. The van der Waals surface area contributed by atoms with Gasteiger partial charge >= 0.3 is 0 Å². The Morgan fingerprint density at radius 2 is 1.75 bits per heavy atom. The molecule has 6 rings (SSSR count). The first kappa shape index (κ1) is 25.6. The Morgan fingerprint density at radius 3 is 2.42 bits per heavy atom. The van der Waals surface area contributed by atoms with Crippen LogP contribution >= 0.6 is 11.3 Å². The van der Waals surface area contributed by atoms with E-state index in [-0.39, 0.29) is 24.1 Å². The summed E-state index contributed by atoms with van der Waals surface area (Å²) in [5.41, 5.74) is 5.60. The van der Waals surface area contributed by atoms with Gasteiger partial charge in [0, 0.05) is 23.7 Å². The highest BCUT2D eigenvalue weighted by Gasteiger charge is 2.34. The molecule has 40 heavy (non-hydrogen) atoms. The molecule has 0 aliphatic carbocycles. The second kappa shape index (κ2) is 10.5. The number of nitrogens with zero attached hydrogens (tertiary/aromatic N) is 6. The van der Waals surface area contributed by atoms with Crippen LogP contribution in [0.1, 0.15) is 39.9 Å². The molecule has 200 valence electrons. The van der Waals surface area contributed by atoms with E-state index in [1.165, 1.54) is 15.6 Å². The largest absolute Gasteiger partial charge is 0.271 e. The summed E-state index contributed by atoms with van der Waals surface area (Å²) in [5, 5.41) is 12.9. The van der Waals surface area contributed by atoms with Crippen molar-refractivity contribution in [3.05, 3.63) is 122 Å². The predicted molar refractivity (Wildman–Crippen MR) is 157 cm³/mol. The van der Waals surface area contributed by atoms with Gasteiger partial charge in [0.2, 0.25) is 5.95 Å². The Kier molecular flexibility index (Phi) is 6.73. The summed E-state index contributed by atoms with van der Waals surface area (Å²) in [7, 11) is 0. The lowest BCUT2D eigenvalue weighted by Crippen LogP contribution is -2.36. The molecular formula is C31H28N6O2S. The number of aryl methyl sites for hydroxylation is 3. The first-order valence-corrected chi connectivity index (χ1v) is 14.0. The molecule has 0 N–H and O–H groups in total. The molecule has 0 radical (unpaired) electrons. The Hall–Kier alpha value is -4.63. The Bertz CT molecular complexity index is 1770. The van der Waals surface area contributed by atoms with Crippen molar-refractivity contribution in [2.75, 3.05) is 0 Å². The number of rotatable bonds is 6. The van der Waals surface area contributed by atoms with Crippen LogP contribution in [0.5, 0.6) is 0 Å². The van der Waals surface area contributed by atoms with E-state index in [1.807, 2.05) is 98.9 Å². The van der Waals surface area contributed by atoms with Crippen LogP contribution in [0.25, 0.3) is 17.2 Å². The molecule has 5 aromatic rings. The molecule has 1 amide bonds. The first-order valence-electron chi connectivity index (χ1n) is 13.1. The van der Waals surface area contributed by atoms with Crippen LogP contribution in [-0.4, -0.2) is 36.0 Å². The number of carbonyl (C=O) groups is 1. The van der Waals surface area contributed by atoms with Crippen LogP contribution in [0.4, 0.5) is 0 Å². The van der Waals surface area contributed by atoms with E-state index in [0.717, 1.165) is 38.7 Å². The summed E-state index contributed by atoms with van der Waals surface area (Å²) in [6.45, 7) is 5.60. The van der Waals surface area contributed by atoms with Gasteiger partial charge in [-0.1, -0.05) is 66.2 Å². The molecule has 9 heteroatoms. The normalized spacial score (nSPS) is 14.9. The zero-order valence-corrected chi connectivity index (χ0v) is 23.3. The van der Waals surface area contributed by atoms with Crippen molar-refractivity contribution in [3.8, 4) is 17.2 Å². The minimum Gasteiger partial charge on any atom is -0.271 e. The first-order chi connectivity index (χ1) is 19.4. The SMILES string of the molecule is Cc1ccc(C2CC(c3cccs3)=NN2C(=O)Cn2c(-n3nc(C)cc3C)nc(-c3ccccc3)cc2=O)cc1. The van der Waals surface area contributed by atoms with Crippen molar-refractivity contribution >= 4 is 23.0 Å². The molecule has 0 fully saturated rings. The van der Waals surface area contributed by atoms with Gasteiger partial charge in [-0.25, -0.2) is 14.7 Å². The quantitative estimate of drug-likeness (QED) is 0.282. The van der Waals surface area contributed by atoms with E-state index in [1.54, 1.807) is 16.0 Å². The number of hydrazone groups is 1. The molecule has 0 bridgehead atoms. The van der Waals surface area contributed by atoms with Gasteiger partial charge in [-0.2, -0.15) is 10.2 Å². The van der Waals surface area contributed by atoms with E-state index < -0.39 is 0 Å². The van der Waals surface area contributed by atoms with Crippen molar-refractivity contribution < 1.29 is 4.79 Å². The minimum absolute atomic E-state index is 0.224. The Morgan fingerprint density at radius 1 is 0.975 bits per heavy atom. The lowest BCUT2D eigenvalue weighted by Gasteiger charge is -2.23. The third-order valence-corrected chi connectivity index (χ3v) is 7.90. The highest BCUT2D eigenvalue weighted by molar-refractivity contribution is 7.12. The zero-order valence-electron chi connectivity index (χ0n) is 22.5. The molecule has 0 saturated heterocycles. The van der Waals surface area contributed by atoms with E-state index in [0.29, 0.717) is 18.1 Å². The van der Waals surface area contributed by atoms with Crippen molar-refractivity contribution in [2.24, 2.45) is 5.10 Å². The lowest BCUT2D eigenvalue weighted by atomic mass is 10.00. The lowest BCUT2D eigenvalue weighted by molar-refractivity contribution is -0.133. The molecule has 3 aromatic heterocycles. The van der Waals surface area contributed by atoms with Gasteiger partial charge in [0.15, 0.2) is 0 Å². The van der Waals surface area contributed by atoms with Crippen LogP contribution in [-0.2, 0) is 11.3 Å². The van der Waals surface area contributed by atoms with Gasteiger partial charge in [-0.3, -0.25) is 14.2 Å². The van der Waals surface area contributed by atoms with Gasteiger partial charge in [-0.05, 0) is 43.8 Å². The van der Waals surface area contributed by atoms with Crippen LogP contribution in [0, 0.1) is 20.8 Å². The Balaban J connectivity index is 1.42. The van der Waals surface area contributed by atoms with E-state index in [4.69, 9.17) is 10.1 Å². The molecule has 0 spiro atoms. The topological polar surface area (TPSA) is 85.4 Å². The van der Waals surface area contributed by atoms with Crippen molar-refractivity contribution in [2.45, 2.75) is 39.8 Å². The molecule has 2 aromatic carbocycles. The minimum atomic E-state index is -0.335. The number of thiophene rings is 1. The van der Waals surface area contributed by atoms with Crippen molar-refractivity contribution in [1.29, 1.82) is 0 Å². The number of benzene rings is 2. The van der Waals surface area contributed by atoms with E-state index in [2.05, 4.69) is 5.10 Å². The summed E-state index contributed by atoms with van der Waals surface area (Å²) in [5.74, 6) is -0.00452. The number of amides is 1. The van der Waals surface area contributed by atoms with Gasteiger partial charge < -0.3 is 0 Å². The number of hydrogen-bond donors (Lipinski definition) is 0. The third kappa shape index (κ3) is 4.91. The molecular weight excluding hydrogens is 520 g/mol. The third-order valence-electron chi connectivity index (χ3n) is 6.98. The fourth-order valence-electron chi connectivity index (χ4n) is 4.98. The monoisotopic (exact) mass is 548 g/mol. The summed E-state index contributed by atoms with van der Waals surface area (Å²) in [6, 6.07) is 24.8. The average molecular weight is 549 g/mol. The summed E-state index contributed by atoms with van der Waals surface area (Å²) in [4.78, 5) is 33.4. The standard InChI is InChI=1S/C31H28N6O2S/c1-20-11-13-24(14-12-20)27-17-26(28-10-7-15-40-28)34-37(27)30(39)19-35-29(38)18-25(23-8-5-4-6-9-23)32-31(35)36-22(3)16-21(2)33-36/h4-16,18,27H,17,19H2,1-3H3. The van der Waals surface area contributed by atoms with Gasteiger partial charge in [0.1, 0.15) is 6.54 Å². The van der Waals surface area contributed by atoms with Gasteiger partial charge in [0.05, 0.1) is 28.0 Å². The maximum Gasteiger partial charge on any atom is 0.263 e. The molecule has 8 nitrogen and oxygen atoms in total. The van der Waals surface area contributed by atoms with Crippen LogP contribution in [0.15, 0.2) is 94.1 Å². The second-order valence-electron chi connectivity index (χ2n) is 9.96. The second-order valence-corrected chi connectivity index (χ2v) is 10.9. The maximum atomic E-state index is 14.0. The van der Waals surface area contributed by atoms with Crippen LogP contribution in [0.3, 0.4) is 0 Å². The van der Waals surface area contributed by atoms with Crippen LogP contribution < -0.4 is 5.56 Å². The number of aromatic nitrogens is 4. The van der Waals surface area contributed by atoms with Crippen molar-refractivity contribution in [1.82, 2.24) is 24.3 Å². The summed E-state index contributed by atoms with van der Waals surface area (Å²) >= 11 is 1.60. The van der Waals surface area contributed by atoms with Crippen LogP contribution in [0.2, 0.25) is 0 Å². The van der Waals surface area contributed by atoms with E-state index >= 15 is 0 Å². The highest BCUT2D eigenvalue weighted by Crippen LogP contribution is 2.34. The van der Waals surface area contributed by atoms with Crippen molar-refractivity contribution in [3.63, 3.8) is 0 Å². The molecule has 0 saturated carbocycles. The molecule has 1 aliphatic rings. The molecule has 4 heterocycles. The molecule has 1 atom stereocenters. The molecule has 1 unspecified atom stereocenters. The summed E-state index contributed by atoms with van der Waals surface area (Å²) in [6.07, 6.45) is 0.597. The highest BCUT2D eigenvalue weighted by atomic mass is 32.1. The van der Waals surface area contributed by atoms with Gasteiger partial charge in [0.25, 0.3) is 11.5 Å². The number of carbonyl (C=O) groups excluding carboxylic acids is 1. The summed E-state index contributed by atoms with van der Waals surface area (Å²) < 4.78 is 3.01. The van der Waals surface area contributed by atoms with Gasteiger partial charge in [-0.15, -0.1) is 11.3 Å². The fourth-order valence-corrected chi connectivity index (χ4v) is 5.70. The maximum absolute atomic E-state index is 14.0. The van der Waals surface area contributed by atoms with E-state index in [9.17, 15) is 9.59 Å². The molecule has 1 aliphatic heterocycles. The number of hydrogen-bond acceptors (Lipinski definition) is 6. The smallest absolute Gasteiger partial charge is 0.263 e.